The van der Waals surface area contributed by atoms with Crippen molar-refractivity contribution < 1.29 is 9.59 Å². The molecule has 5 nitrogen and oxygen atoms in total. The highest BCUT2D eigenvalue weighted by Gasteiger charge is 2.47. The van der Waals surface area contributed by atoms with Crippen LogP contribution in [-0.4, -0.2) is 55.3 Å². The predicted molar refractivity (Wildman–Crippen MR) is 93.7 cm³/mol. The maximum atomic E-state index is 12.7. The minimum atomic E-state index is -0.290. The van der Waals surface area contributed by atoms with Crippen LogP contribution in [0, 0.1) is 5.92 Å². The van der Waals surface area contributed by atoms with E-state index >= 15 is 0 Å². The summed E-state index contributed by atoms with van der Waals surface area (Å²) in [5.41, 5.74) is 0.763. The van der Waals surface area contributed by atoms with E-state index in [2.05, 4.69) is 5.32 Å². The van der Waals surface area contributed by atoms with Gasteiger partial charge in [0.25, 0.3) is 0 Å². The van der Waals surface area contributed by atoms with Crippen molar-refractivity contribution in [3.63, 3.8) is 0 Å². The number of likely N-dealkylation sites (tertiary alicyclic amines) is 1. The van der Waals surface area contributed by atoms with E-state index in [0.29, 0.717) is 24.5 Å². The van der Waals surface area contributed by atoms with Crippen molar-refractivity contribution in [2.75, 3.05) is 33.7 Å². The monoisotopic (exact) mass is 349 g/mol. The topological polar surface area (TPSA) is 52.6 Å². The lowest BCUT2D eigenvalue weighted by Crippen LogP contribution is -2.40. The zero-order valence-electron chi connectivity index (χ0n) is 14.2. The first-order valence-corrected chi connectivity index (χ1v) is 8.78. The van der Waals surface area contributed by atoms with Gasteiger partial charge >= 0.3 is 0 Å². The summed E-state index contributed by atoms with van der Waals surface area (Å²) in [5, 5.41) is 3.85. The summed E-state index contributed by atoms with van der Waals surface area (Å²) >= 11 is 6.07. The number of carbonyl (C=O) groups is 2. The Kier molecular flexibility index (Phi) is 4.83. The molecule has 1 saturated carbocycles. The molecule has 3 rings (SSSR count). The number of nitrogens with zero attached hydrogens (tertiary/aromatic N) is 2. The van der Waals surface area contributed by atoms with Gasteiger partial charge in [-0.1, -0.05) is 23.7 Å². The van der Waals surface area contributed by atoms with E-state index in [4.69, 9.17) is 11.6 Å². The highest BCUT2D eigenvalue weighted by atomic mass is 35.5. The lowest BCUT2D eigenvalue weighted by atomic mass is 10.0. The molecule has 1 saturated heterocycles. The molecule has 0 spiro atoms. The fraction of sp³-hybridized carbons (Fsp3) is 0.556. The largest absolute Gasteiger partial charge is 0.346 e. The molecule has 0 aromatic heterocycles. The van der Waals surface area contributed by atoms with Crippen LogP contribution in [0.1, 0.15) is 24.8 Å². The van der Waals surface area contributed by atoms with Gasteiger partial charge < -0.3 is 15.1 Å². The summed E-state index contributed by atoms with van der Waals surface area (Å²) in [5.74, 6) is -0.200. The van der Waals surface area contributed by atoms with Gasteiger partial charge in [0.15, 0.2) is 0 Å². The first-order valence-electron chi connectivity index (χ1n) is 8.40. The van der Waals surface area contributed by atoms with Crippen molar-refractivity contribution in [1.29, 1.82) is 0 Å². The molecule has 24 heavy (non-hydrogen) atoms. The second-order valence-electron chi connectivity index (χ2n) is 7.13. The number of rotatable bonds is 6. The molecule has 130 valence electrons. The third-order valence-corrected chi connectivity index (χ3v) is 5.13. The fourth-order valence-corrected chi connectivity index (χ4v) is 3.41. The van der Waals surface area contributed by atoms with Crippen LogP contribution in [0.25, 0.3) is 0 Å². The summed E-state index contributed by atoms with van der Waals surface area (Å²) in [7, 11) is 3.96. The highest BCUT2D eigenvalue weighted by Crippen LogP contribution is 2.46. The van der Waals surface area contributed by atoms with Crippen LogP contribution in [0.15, 0.2) is 24.3 Å². The van der Waals surface area contributed by atoms with Crippen molar-refractivity contribution in [3.05, 3.63) is 34.9 Å². The summed E-state index contributed by atoms with van der Waals surface area (Å²) in [4.78, 5) is 28.6. The van der Waals surface area contributed by atoms with Gasteiger partial charge in [-0.25, -0.2) is 0 Å². The van der Waals surface area contributed by atoms with Crippen LogP contribution < -0.4 is 5.32 Å². The first kappa shape index (κ1) is 17.2. The maximum absolute atomic E-state index is 12.7. The molecule has 2 aliphatic rings. The van der Waals surface area contributed by atoms with Crippen LogP contribution in [0.5, 0.6) is 0 Å². The number of likely N-dealkylation sites (N-methyl/N-ethyl adjacent to an activating group) is 1. The average Bonchev–Trinajstić information content (AvgIpc) is 3.21. The SMILES string of the molecule is CN(C)CCN1C[C@H](C(=O)NC2(c3cccc(Cl)c3)CC2)CC1=O. The minimum Gasteiger partial charge on any atom is -0.346 e. The first-order chi connectivity index (χ1) is 11.4. The van der Waals surface area contributed by atoms with E-state index in [-0.39, 0.29) is 23.3 Å². The molecule has 2 amide bonds. The fourth-order valence-electron chi connectivity index (χ4n) is 3.22. The Balaban J connectivity index is 1.61. The molecule has 1 heterocycles. The number of hydrogen-bond acceptors (Lipinski definition) is 3. The molecule has 0 bridgehead atoms. The number of hydrogen-bond donors (Lipinski definition) is 1. The van der Waals surface area contributed by atoms with Gasteiger partial charge in [-0.05, 0) is 44.6 Å². The average molecular weight is 350 g/mol. The van der Waals surface area contributed by atoms with E-state index in [1.165, 1.54) is 0 Å². The van der Waals surface area contributed by atoms with Gasteiger partial charge in [-0.2, -0.15) is 0 Å². The van der Waals surface area contributed by atoms with Crippen molar-refractivity contribution in [3.8, 4) is 0 Å². The molecule has 1 aliphatic carbocycles. The summed E-state index contributed by atoms with van der Waals surface area (Å²) in [6.45, 7) is 2.01. The van der Waals surface area contributed by atoms with E-state index < -0.39 is 0 Å². The van der Waals surface area contributed by atoms with E-state index in [9.17, 15) is 9.59 Å². The number of carbonyl (C=O) groups excluding carboxylic acids is 2. The maximum Gasteiger partial charge on any atom is 0.226 e. The molecule has 1 N–H and O–H groups in total. The smallest absolute Gasteiger partial charge is 0.226 e. The second kappa shape index (κ2) is 6.73. The third-order valence-electron chi connectivity index (χ3n) is 4.89. The standard InChI is InChI=1S/C18H24ClN3O2/c1-21(2)8-9-22-12-13(10-16(22)23)17(24)20-18(6-7-18)14-4-3-5-15(19)11-14/h3-5,11,13H,6-10,12H2,1-2H3,(H,20,24)/t13-/m1/s1. The van der Waals surface area contributed by atoms with Gasteiger partial charge in [0, 0.05) is 31.1 Å². The molecule has 1 aromatic rings. The van der Waals surface area contributed by atoms with Crippen LogP contribution in [-0.2, 0) is 15.1 Å². The number of nitrogens with one attached hydrogen (secondary N) is 1. The Bertz CT molecular complexity index is 643. The van der Waals surface area contributed by atoms with Gasteiger partial charge in [0.1, 0.15) is 0 Å². The number of benzene rings is 1. The molecule has 1 aliphatic heterocycles. The molecular formula is C18H24ClN3O2. The minimum absolute atomic E-state index is 0.0202. The third kappa shape index (κ3) is 3.73. The van der Waals surface area contributed by atoms with Crippen molar-refractivity contribution >= 4 is 23.4 Å². The molecule has 2 fully saturated rings. The van der Waals surface area contributed by atoms with Gasteiger partial charge in [-0.15, -0.1) is 0 Å². The summed E-state index contributed by atoms with van der Waals surface area (Å²) in [6, 6.07) is 7.66. The van der Waals surface area contributed by atoms with Gasteiger partial charge in [-0.3, -0.25) is 9.59 Å². The number of amides is 2. The molecule has 0 radical (unpaired) electrons. The zero-order chi connectivity index (χ0) is 17.3. The summed E-state index contributed by atoms with van der Waals surface area (Å²) in [6.07, 6.45) is 2.15. The van der Waals surface area contributed by atoms with Crippen molar-refractivity contribution in [1.82, 2.24) is 15.1 Å². The Labute approximate surface area is 147 Å². The second-order valence-corrected chi connectivity index (χ2v) is 7.56. The normalized spacial score (nSPS) is 22.1. The van der Waals surface area contributed by atoms with Crippen molar-refractivity contribution in [2.24, 2.45) is 5.92 Å². The van der Waals surface area contributed by atoms with Gasteiger partial charge in [0.2, 0.25) is 11.8 Å². The molecular weight excluding hydrogens is 326 g/mol. The van der Waals surface area contributed by atoms with Crippen LogP contribution in [0.3, 0.4) is 0 Å². The quantitative estimate of drug-likeness (QED) is 0.852. The number of halogens is 1. The molecule has 0 unspecified atom stereocenters. The lowest BCUT2D eigenvalue weighted by molar-refractivity contribution is -0.129. The molecule has 6 heteroatoms. The van der Waals surface area contributed by atoms with E-state index in [1.54, 1.807) is 4.90 Å². The van der Waals surface area contributed by atoms with Crippen molar-refractivity contribution in [2.45, 2.75) is 24.8 Å². The highest BCUT2D eigenvalue weighted by molar-refractivity contribution is 6.30. The van der Waals surface area contributed by atoms with Crippen LogP contribution >= 0.6 is 11.6 Å². The zero-order valence-corrected chi connectivity index (χ0v) is 15.0. The summed E-state index contributed by atoms with van der Waals surface area (Å²) < 4.78 is 0. The lowest BCUT2D eigenvalue weighted by Gasteiger charge is -2.22. The Morgan fingerprint density at radius 2 is 2.17 bits per heavy atom. The van der Waals surface area contributed by atoms with Crippen LogP contribution in [0.4, 0.5) is 0 Å². The molecule has 1 aromatic carbocycles. The Morgan fingerprint density at radius 3 is 2.79 bits per heavy atom. The van der Waals surface area contributed by atoms with E-state index in [1.807, 2.05) is 43.3 Å². The predicted octanol–water partition coefficient (Wildman–Crippen LogP) is 1.86. The Morgan fingerprint density at radius 1 is 1.42 bits per heavy atom. The van der Waals surface area contributed by atoms with Crippen LogP contribution in [0.2, 0.25) is 5.02 Å². The van der Waals surface area contributed by atoms with E-state index in [0.717, 1.165) is 24.9 Å². The molecule has 1 atom stereocenters. The Hall–Kier alpha value is -1.59. The van der Waals surface area contributed by atoms with Gasteiger partial charge in [0.05, 0.1) is 11.5 Å².